The molecule has 0 aliphatic carbocycles. The minimum atomic E-state index is 0.154. The molecule has 1 aromatic heterocycles. The molecule has 0 atom stereocenters. The molecular weight excluding hydrogens is 340 g/mol. The molecule has 27 heavy (non-hydrogen) atoms. The minimum Gasteiger partial charge on any atom is -0.396 e. The zero-order valence-corrected chi connectivity index (χ0v) is 16.1. The molecule has 3 rings (SSSR count). The summed E-state index contributed by atoms with van der Waals surface area (Å²) in [6.45, 7) is 7.15. The second-order valence-electron chi connectivity index (χ2n) is 6.90. The summed E-state index contributed by atoms with van der Waals surface area (Å²) in [6, 6.07) is 12.1. The minimum absolute atomic E-state index is 0.154. The van der Waals surface area contributed by atoms with E-state index in [0.29, 0.717) is 18.9 Å². The molecule has 1 aliphatic rings. The Morgan fingerprint density at radius 3 is 2.52 bits per heavy atom. The maximum Gasteiger partial charge on any atom is 0.225 e. The van der Waals surface area contributed by atoms with E-state index >= 15 is 0 Å². The topological polar surface area (TPSA) is 76.5 Å². The van der Waals surface area contributed by atoms with Crippen molar-refractivity contribution in [2.45, 2.75) is 6.42 Å². The first kappa shape index (κ1) is 19.5. The third kappa shape index (κ3) is 6.16. The monoisotopic (exact) mass is 370 g/mol. The van der Waals surface area contributed by atoms with Gasteiger partial charge in [0.15, 0.2) is 0 Å². The maximum atomic E-state index is 8.99. The van der Waals surface area contributed by atoms with Gasteiger partial charge in [0.2, 0.25) is 5.95 Å². The van der Waals surface area contributed by atoms with E-state index in [1.165, 1.54) is 0 Å². The van der Waals surface area contributed by atoms with Crippen LogP contribution in [-0.4, -0.2) is 84.3 Å². The fraction of sp³-hybridized carbons (Fsp3) is 0.500. The van der Waals surface area contributed by atoms with Crippen molar-refractivity contribution in [3.05, 3.63) is 36.4 Å². The van der Waals surface area contributed by atoms with E-state index in [9.17, 15) is 0 Å². The number of aliphatic hydroxyl groups excluding tert-OH is 1. The number of benzene rings is 1. The lowest BCUT2D eigenvalue weighted by Crippen LogP contribution is -2.45. The van der Waals surface area contributed by atoms with Gasteiger partial charge in [0, 0.05) is 64.0 Å². The van der Waals surface area contributed by atoms with Crippen LogP contribution in [0.4, 0.5) is 11.8 Å². The van der Waals surface area contributed by atoms with Gasteiger partial charge in [0.25, 0.3) is 0 Å². The van der Waals surface area contributed by atoms with Crippen LogP contribution in [0.2, 0.25) is 0 Å². The number of aliphatic hydroxyl groups is 1. The molecule has 1 aliphatic heterocycles. The Bertz CT molecular complexity index is 688. The molecular formula is C20H30N6O. The van der Waals surface area contributed by atoms with Crippen LogP contribution < -0.4 is 10.6 Å². The quantitative estimate of drug-likeness (QED) is 0.579. The van der Waals surface area contributed by atoms with E-state index in [-0.39, 0.29) is 6.61 Å². The van der Waals surface area contributed by atoms with E-state index in [1.54, 1.807) is 0 Å². The summed E-state index contributed by atoms with van der Waals surface area (Å²) in [4.78, 5) is 14.1. The Morgan fingerprint density at radius 1 is 1.00 bits per heavy atom. The summed E-state index contributed by atoms with van der Waals surface area (Å²) in [5, 5.41) is 15.6. The largest absolute Gasteiger partial charge is 0.396 e. The first-order valence-corrected chi connectivity index (χ1v) is 9.68. The van der Waals surface area contributed by atoms with Gasteiger partial charge in [0.05, 0.1) is 5.69 Å². The van der Waals surface area contributed by atoms with Gasteiger partial charge in [-0.15, -0.1) is 0 Å². The second-order valence-corrected chi connectivity index (χ2v) is 6.90. The molecule has 0 unspecified atom stereocenters. The summed E-state index contributed by atoms with van der Waals surface area (Å²) >= 11 is 0. The summed E-state index contributed by atoms with van der Waals surface area (Å²) in [7, 11) is 2.17. The van der Waals surface area contributed by atoms with Gasteiger partial charge in [-0.3, -0.25) is 4.90 Å². The van der Waals surface area contributed by atoms with Crippen LogP contribution in [0.5, 0.6) is 0 Å². The smallest absolute Gasteiger partial charge is 0.225 e. The average Bonchev–Trinajstić information content (AvgIpc) is 2.70. The van der Waals surface area contributed by atoms with Crippen molar-refractivity contribution in [1.29, 1.82) is 0 Å². The van der Waals surface area contributed by atoms with E-state index < -0.39 is 0 Å². The van der Waals surface area contributed by atoms with Gasteiger partial charge in [-0.05, 0) is 13.5 Å². The van der Waals surface area contributed by atoms with E-state index in [2.05, 4.69) is 37.4 Å². The number of aromatic nitrogens is 2. The second kappa shape index (κ2) is 10.2. The molecule has 1 fully saturated rings. The average molecular weight is 371 g/mol. The van der Waals surface area contributed by atoms with Crippen LogP contribution in [-0.2, 0) is 0 Å². The van der Waals surface area contributed by atoms with Gasteiger partial charge in [-0.25, -0.2) is 4.98 Å². The molecule has 1 aromatic carbocycles. The normalized spacial score (nSPS) is 15.6. The van der Waals surface area contributed by atoms with Crippen LogP contribution in [0, 0.1) is 0 Å². The van der Waals surface area contributed by atoms with Crippen molar-refractivity contribution in [1.82, 2.24) is 19.8 Å². The van der Waals surface area contributed by atoms with Gasteiger partial charge in [-0.1, -0.05) is 30.3 Å². The van der Waals surface area contributed by atoms with Crippen LogP contribution in [0.1, 0.15) is 6.42 Å². The molecule has 3 N–H and O–H groups in total. The highest BCUT2D eigenvalue weighted by atomic mass is 16.3. The summed E-state index contributed by atoms with van der Waals surface area (Å²) < 4.78 is 0. The lowest BCUT2D eigenvalue weighted by atomic mass is 10.1. The summed E-state index contributed by atoms with van der Waals surface area (Å²) in [5.74, 6) is 1.41. The number of likely N-dealkylation sites (N-methyl/N-ethyl adjacent to an activating group) is 1. The Labute approximate surface area is 161 Å². The fourth-order valence-corrected chi connectivity index (χ4v) is 3.07. The third-order valence-electron chi connectivity index (χ3n) is 4.74. The van der Waals surface area contributed by atoms with E-state index in [0.717, 1.165) is 56.3 Å². The summed E-state index contributed by atoms with van der Waals surface area (Å²) in [6.07, 6.45) is 0.672. The molecule has 1 saturated heterocycles. The van der Waals surface area contributed by atoms with Crippen LogP contribution in [0.3, 0.4) is 0 Å². The molecule has 0 amide bonds. The highest BCUT2D eigenvalue weighted by molar-refractivity contribution is 5.64. The highest BCUT2D eigenvalue weighted by Gasteiger charge is 2.13. The van der Waals surface area contributed by atoms with Crippen LogP contribution >= 0.6 is 0 Å². The number of anilines is 2. The fourth-order valence-electron chi connectivity index (χ4n) is 3.07. The lowest BCUT2D eigenvalue weighted by Gasteiger charge is -2.32. The van der Waals surface area contributed by atoms with Crippen LogP contribution in [0.15, 0.2) is 36.4 Å². The number of rotatable bonds is 9. The summed E-state index contributed by atoms with van der Waals surface area (Å²) in [5.41, 5.74) is 1.95. The van der Waals surface area contributed by atoms with Gasteiger partial charge in [0.1, 0.15) is 5.82 Å². The number of nitrogens with one attached hydrogen (secondary N) is 2. The molecule has 0 spiro atoms. The number of hydrogen-bond donors (Lipinski definition) is 3. The van der Waals surface area contributed by atoms with E-state index in [4.69, 9.17) is 5.11 Å². The Balaban J connectivity index is 1.64. The van der Waals surface area contributed by atoms with Crippen molar-refractivity contribution >= 4 is 11.8 Å². The third-order valence-corrected chi connectivity index (χ3v) is 4.74. The van der Waals surface area contributed by atoms with Crippen molar-refractivity contribution in [3.63, 3.8) is 0 Å². The van der Waals surface area contributed by atoms with Gasteiger partial charge >= 0.3 is 0 Å². The standard InChI is InChI=1S/C20H30N6O/c1-25-11-13-26(14-12-25)10-9-21-19-16-18(17-6-3-2-4-7-17)23-20(24-19)22-8-5-15-27/h2-4,6-7,16,27H,5,8-15H2,1H3,(H2,21,22,23,24). The van der Waals surface area contributed by atoms with Crippen molar-refractivity contribution < 1.29 is 5.11 Å². The number of nitrogens with zero attached hydrogens (tertiary/aromatic N) is 4. The molecule has 7 nitrogen and oxygen atoms in total. The number of piperazine rings is 1. The van der Waals surface area contributed by atoms with Gasteiger partial charge < -0.3 is 20.6 Å². The van der Waals surface area contributed by atoms with Crippen molar-refractivity contribution in [2.75, 3.05) is 70.1 Å². The zero-order valence-electron chi connectivity index (χ0n) is 16.1. The predicted molar refractivity (Wildman–Crippen MR) is 110 cm³/mol. The Kier molecular flexibility index (Phi) is 7.38. The van der Waals surface area contributed by atoms with E-state index in [1.807, 2.05) is 36.4 Å². The molecule has 0 saturated carbocycles. The van der Waals surface area contributed by atoms with Crippen molar-refractivity contribution in [3.8, 4) is 11.3 Å². The molecule has 146 valence electrons. The molecule has 0 radical (unpaired) electrons. The maximum absolute atomic E-state index is 8.99. The molecule has 0 bridgehead atoms. The number of hydrogen-bond acceptors (Lipinski definition) is 7. The lowest BCUT2D eigenvalue weighted by molar-refractivity contribution is 0.158. The van der Waals surface area contributed by atoms with Crippen molar-refractivity contribution in [2.24, 2.45) is 0 Å². The predicted octanol–water partition coefficient (Wildman–Crippen LogP) is 1.60. The van der Waals surface area contributed by atoms with Gasteiger partial charge in [-0.2, -0.15) is 4.98 Å². The Morgan fingerprint density at radius 2 is 1.78 bits per heavy atom. The first-order chi connectivity index (χ1) is 13.2. The highest BCUT2D eigenvalue weighted by Crippen LogP contribution is 2.21. The SMILES string of the molecule is CN1CCN(CCNc2cc(-c3ccccc3)nc(NCCCO)n2)CC1. The molecule has 2 heterocycles. The van der Waals surface area contributed by atoms with Crippen LogP contribution in [0.25, 0.3) is 11.3 Å². The molecule has 2 aromatic rings. The Hall–Kier alpha value is -2.22. The first-order valence-electron chi connectivity index (χ1n) is 9.68. The molecule has 7 heteroatoms. The zero-order chi connectivity index (χ0) is 18.9.